The maximum Gasteiger partial charge on any atom is 0.0782 e. The van der Waals surface area contributed by atoms with E-state index in [1.54, 1.807) is 0 Å². The monoisotopic (exact) mass is 278 g/mol. The molecule has 0 rings (SSSR count). The Bertz CT molecular complexity index is 134. The van der Waals surface area contributed by atoms with Crippen molar-refractivity contribution < 1.29 is 4.48 Å². The molecule has 0 unspecified atom stereocenters. The van der Waals surface area contributed by atoms with Crippen molar-refractivity contribution in [3.63, 3.8) is 0 Å². The van der Waals surface area contributed by atoms with Gasteiger partial charge in [0.05, 0.1) is 27.2 Å². The van der Waals surface area contributed by atoms with Crippen molar-refractivity contribution in [2.24, 2.45) is 0 Å². The molecule has 15 heavy (non-hydrogen) atoms. The van der Waals surface area contributed by atoms with Crippen LogP contribution in [0.4, 0.5) is 0 Å². The summed E-state index contributed by atoms with van der Waals surface area (Å²) in [5.74, 6) is 0. The molecule has 0 N–H and O–H groups in total. The van der Waals surface area contributed by atoms with Crippen LogP contribution in [0, 0.1) is 0 Å². The van der Waals surface area contributed by atoms with E-state index in [-0.39, 0.29) is 0 Å². The third-order valence-electron chi connectivity index (χ3n) is 3.01. The molecule has 0 fully saturated rings. The zero-order valence-electron chi connectivity index (χ0n) is 10.9. The average molecular weight is 279 g/mol. The number of nitrogens with zero attached hydrogens (tertiary/aromatic N) is 1. The first kappa shape index (κ1) is 15.4. The first-order valence-corrected chi connectivity index (χ1v) is 7.62. The van der Waals surface area contributed by atoms with Crippen LogP contribution in [-0.4, -0.2) is 37.0 Å². The van der Waals surface area contributed by atoms with Crippen molar-refractivity contribution in [2.45, 2.75) is 51.9 Å². The largest absolute Gasteiger partial charge is 0.328 e. The molecule has 0 heterocycles. The minimum atomic E-state index is 1.17. The second kappa shape index (κ2) is 9.65. The Morgan fingerprint density at radius 2 is 1.33 bits per heavy atom. The van der Waals surface area contributed by atoms with E-state index in [0.29, 0.717) is 0 Å². The number of rotatable bonds is 10. The minimum Gasteiger partial charge on any atom is -0.328 e. The molecule has 0 spiro atoms. The summed E-state index contributed by atoms with van der Waals surface area (Å²) in [4.78, 5) is 0. The maximum absolute atomic E-state index is 3.48. The number of hydrogen-bond donors (Lipinski definition) is 0. The minimum absolute atomic E-state index is 1.17. The first-order valence-electron chi connectivity index (χ1n) is 6.50. The molecule has 2 heteroatoms. The standard InChI is InChI=1S/C13H29BrN/c1-4-5-9-12-15(2,3)13-10-7-6-8-11-14/h4-13H2,1-3H3/q+1. The van der Waals surface area contributed by atoms with Crippen LogP contribution in [0.5, 0.6) is 0 Å². The number of hydrogen-bond acceptors (Lipinski definition) is 0. The Morgan fingerprint density at radius 3 is 1.87 bits per heavy atom. The van der Waals surface area contributed by atoms with Crippen LogP contribution in [0.2, 0.25) is 0 Å². The molecule has 0 aromatic carbocycles. The van der Waals surface area contributed by atoms with Crippen molar-refractivity contribution in [1.29, 1.82) is 0 Å². The van der Waals surface area contributed by atoms with Gasteiger partial charge < -0.3 is 4.48 Å². The van der Waals surface area contributed by atoms with Crippen LogP contribution in [0.15, 0.2) is 0 Å². The van der Waals surface area contributed by atoms with Crippen LogP contribution in [-0.2, 0) is 0 Å². The third kappa shape index (κ3) is 10.7. The van der Waals surface area contributed by atoms with Gasteiger partial charge in [0.1, 0.15) is 0 Å². The molecular formula is C13H29BrN+. The van der Waals surface area contributed by atoms with Crippen LogP contribution < -0.4 is 0 Å². The molecule has 0 aromatic rings. The second-order valence-corrected chi connectivity index (χ2v) is 5.99. The van der Waals surface area contributed by atoms with Gasteiger partial charge in [-0.15, -0.1) is 0 Å². The normalized spacial score (nSPS) is 12.0. The van der Waals surface area contributed by atoms with Crippen molar-refractivity contribution in [1.82, 2.24) is 0 Å². The van der Waals surface area contributed by atoms with Crippen molar-refractivity contribution in [2.75, 3.05) is 32.5 Å². The Hall–Kier alpha value is 0.440. The van der Waals surface area contributed by atoms with Crippen molar-refractivity contribution in [3.8, 4) is 0 Å². The summed E-state index contributed by atoms with van der Waals surface area (Å²) < 4.78 is 1.22. The summed E-state index contributed by atoms with van der Waals surface area (Å²) >= 11 is 3.48. The van der Waals surface area contributed by atoms with Gasteiger partial charge in [-0.1, -0.05) is 35.7 Å². The van der Waals surface area contributed by atoms with Crippen LogP contribution in [0.25, 0.3) is 0 Å². The van der Waals surface area contributed by atoms with Gasteiger partial charge in [-0.3, -0.25) is 0 Å². The fourth-order valence-corrected chi connectivity index (χ4v) is 2.29. The highest BCUT2D eigenvalue weighted by Crippen LogP contribution is 2.08. The quantitative estimate of drug-likeness (QED) is 0.319. The number of quaternary nitrogens is 1. The lowest BCUT2D eigenvalue weighted by Gasteiger charge is -2.29. The molecule has 0 aliphatic rings. The number of alkyl halides is 1. The summed E-state index contributed by atoms with van der Waals surface area (Å²) in [5.41, 5.74) is 0. The lowest BCUT2D eigenvalue weighted by atomic mass is 10.1. The summed E-state index contributed by atoms with van der Waals surface area (Å²) in [7, 11) is 4.75. The lowest BCUT2D eigenvalue weighted by molar-refractivity contribution is -0.890. The van der Waals surface area contributed by atoms with E-state index in [1.165, 1.54) is 67.8 Å². The molecule has 0 aliphatic heterocycles. The summed E-state index contributed by atoms with van der Waals surface area (Å²) in [5, 5.41) is 1.17. The van der Waals surface area contributed by atoms with E-state index in [2.05, 4.69) is 36.9 Å². The Balaban J connectivity index is 3.38. The highest BCUT2D eigenvalue weighted by molar-refractivity contribution is 9.09. The summed E-state index contributed by atoms with van der Waals surface area (Å²) in [6.07, 6.45) is 9.65. The molecule has 1 nitrogen and oxygen atoms in total. The zero-order valence-corrected chi connectivity index (χ0v) is 12.5. The Kier molecular flexibility index (Phi) is 9.93. The number of halogens is 1. The van der Waals surface area contributed by atoms with Crippen molar-refractivity contribution >= 4 is 15.9 Å². The molecule has 0 atom stereocenters. The van der Waals surface area contributed by atoms with Gasteiger partial charge >= 0.3 is 0 Å². The molecule has 0 radical (unpaired) electrons. The highest BCUT2D eigenvalue weighted by Gasteiger charge is 2.12. The zero-order chi connectivity index (χ0) is 11.6. The average Bonchev–Trinajstić information content (AvgIpc) is 2.17. The van der Waals surface area contributed by atoms with E-state index < -0.39 is 0 Å². The molecule has 0 saturated carbocycles. The number of unbranched alkanes of at least 4 members (excludes halogenated alkanes) is 5. The highest BCUT2D eigenvalue weighted by atomic mass is 79.9. The fraction of sp³-hybridized carbons (Fsp3) is 1.00. The van der Waals surface area contributed by atoms with Gasteiger partial charge in [0.25, 0.3) is 0 Å². The van der Waals surface area contributed by atoms with Crippen LogP contribution in [0.1, 0.15) is 51.9 Å². The molecule has 0 aliphatic carbocycles. The van der Waals surface area contributed by atoms with Gasteiger partial charge in [0.2, 0.25) is 0 Å². The molecule has 0 bridgehead atoms. The SMILES string of the molecule is CCCCC[N+](C)(C)CCCCCCBr. The Labute approximate surface area is 105 Å². The molecule has 0 amide bonds. The van der Waals surface area contributed by atoms with Gasteiger partial charge in [0.15, 0.2) is 0 Å². The topological polar surface area (TPSA) is 0 Å². The Morgan fingerprint density at radius 1 is 0.800 bits per heavy atom. The maximum atomic E-state index is 3.48. The fourth-order valence-electron chi connectivity index (χ4n) is 1.89. The van der Waals surface area contributed by atoms with Gasteiger partial charge in [-0.25, -0.2) is 0 Å². The van der Waals surface area contributed by atoms with Crippen LogP contribution in [0.3, 0.4) is 0 Å². The smallest absolute Gasteiger partial charge is 0.0782 e. The molecule has 92 valence electrons. The van der Waals surface area contributed by atoms with E-state index in [1.807, 2.05) is 0 Å². The van der Waals surface area contributed by atoms with Gasteiger partial charge in [0, 0.05) is 5.33 Å². The van der Waals surface area contributed by atoms with Crippen LogP contribution >= 0.6 is 15.9 Å². The van der Waals surface area contributed by atoms with Gasteiger partial charge in [-0.05, 0) is 32.1 Å². The van der Waals surface area contributed by atoms with E-state index in [9.17, 15) is 0 Å². The third-order valence-corrected chi connectivity index (χ3v) is 3.57. The lowest BCUT2D eigenvalue weighted by Crippen LogP contribution is -2.41. The van der Waals surface area contributed by atoms with E-state index in [4.69, 9.17) is 0 Å². The summed E-state index contributed by atoms with van der Waals surface area (Å²) in [6.45, 7) is 4.98. The summed E-state index contributed by atoms with van der Waals surface area (Å²) in [6, 6.07) is 0. The van der Waals surface area contributed by atoms with E-state index >= 15 is 0 Å². The van der Waals surface area contributed by atoms with Gasteiger partial charge in [-0.2, -0.15) is 0 Å². The van der Waals surface area contributed by atoms with Crippen molar-refractivity contribution in [3.05, 3.63) is 0 Å². The predicted octanol–water partition coefficient (Wildman–Crippen LogP) is 4.21. The van der Waals surface area contributed by atoms with E-state index in [0.717, 1.165) is 0 Å². The molecule has 0 aromatic heterocycles. The first-order chi connectivity index (χ1) is 7.12. The molecule has 0 saturated heterocycles. The predicted molar refractivity (Wildman–Crippen MR) is 73.6 cm³/mol. The second-order valence-electron chi connectivity index (χ2n) is 5.19. The molecular weight excluding hydrogens is 250 g/mol.